The van der Waals surface area contributed by atoms with Crippen LogP contribution in [-0.2, 0) is 9.53 Å². The van der Waals surface area contributed by atoms with Gasteiger partial charge >= 0.3 is 0 Å². The number of nitrogens with one attached hydrogen (secondary N) is 2. The van der Waals surface area contributed by atoms with Gasteiger partial charge in [0.2, 0.25) is 5.91 Å². The molecule has 1 amide bonds. The summed E-state index contributed by atoms with van der Waals surface area (Å²) in [6, 6.07) is 0. The quantitative estimate of drug-likeness (QED) is 0.604. The third kappa shape index (κ3) is 6.33. The van der Waals surface area contributed by atoms with Gasteiger partial charge in [0.25, 0.3) is 0 Å². The summed E-state index contributed by atoms with van der Waals surface area (Å²) in [6.07, 6.45) is 3.14. The van der Waals surface area contributed by atoms with Crippen molar-refractivity contribution in [3.63, 3.8) is 0 Å². The zero-order chi connectivity index (χ0) is 13.2. The van der Waals surface area contributed by atoms with E-state index < -0.39 is 0 Å². The van der Waals surface area contributed by atoms with Gasteiger partial charge in [0.1, 0.15) is 0 Å². The molecule has 106 valence electrons. The van der Waals surface area contributed by atoms with Gasteiger partial charge < -0.3 is 20.3 Å². The van der Waals surface area contributed by atoms with E-state index in [1.54, 1.807) is 14.2 Å². The van der Waals surface area contributed by atoms with Crippen molar-refractivity contribution in [1.29, 1.82) is 0 Å². The summed E-state index contributed by atoms with van der Waals surface area (Å²) in [7, 11) is 3.42. The first kappa shape index (κ1) is 15.4. The maximum Gasteiger partial charge on any atom is 0.221 e. The fraction of sp³-hybridized carbons (Fsp3) is 0.923. The standard InChI is InChI=1S/C13H27N3O2/c1-14-13(17)5-8-16-7-3-4-12(11-16)10-15-6-9-18-2/h12,15H,3-11H2,1-2H3,(H,14,17). The van der Waals surface area contributed by atoms with Crippen molar-refractivity contribution in [2.24, 2.45) is 5.92 Å². The molecule has 1 rings (SSSR count). The van der Waals surface area contributed by atoms with Gasteiger partial charge in [0, 0.05) is 40.2 Å². The summed E-state index contributed by atoms with van der Waals surface area (Å²) in [4.78, 5) is 13.6. The largest absolute Gasteiger partial charge is 0.383 e. The van der Waals surface area contributed by atoms with E-state index in [0.29, 0.717) is 12.3 Å². The molecule has 1 heterocycles. The predicted octanol–water partition coefficient (Wildman–Crippen LogP) is 0.0705. The number of likely N-dealkylation sites (tertiary alicyclic amines) is 1. The highest BCUT2D eigenvalue weighted by Crippen LogP contribution is 2.15. The lowest BCUT2D eigenvalue weighted by molar-refractivity contribution is -0.121. The third-order valence-corrected chi connectivity index (χ3v) is 3.45. The van der Waals surface area contributed by atoms with Crippen LogP contribution in [0.2, 0.25) is 0 Å². The minimum atomic E-state index is 0.135. The minimum absolute atomic E-state index is 0.135. The van der Waals surface area contributed by atoms with Crippen molar-refractivity contribution >= 4 is 5.91 Å². The maximum absolute atomic E-state index is 11.2. The molecule has 0 saturated carbocycles. The normalized spacial score (nSPS) is 20.9. The highest BCUT2D eigenvalue weighted by atomic mass is 16.5. The molecule has 0 aromatic rings. The molecule has 0 aromatic heterocycles. The van der Waals surface area contributed by atoms with E-state index in [2.05, 4.69) is 15.5 Å². The molecule has 18 heavy (non-hydrogen) atoms. The Balaban J connectivity index is 2.13. The summed E-state index contributed by atoms with van der Waals surface area (Å²) < 4.78 is 5.01. The molecule has 1 aliphatic heterocycles. The second-order valence-corrected chi connectivity index (χ2v) is 4.93. The van der Waals surface area contributed by atoms with Crippen molar-refractivity contribution in [3.05, 3.63) is 0 Å². The van der Waals surface area contributed by atoms with Crippen molar-refractivity contribution in [2.45, 2.75) is 19.3 Å². The lowest BCUT2D eigenvalue weighted by Crippen LogP contribution is -2.41. The molecule has 1 fully saturated rings. The van der Waals surface area contributed by atoms with Gasteiger partial charge in [-0.3, -0.25) is 4.79 Å². The van der Waals surface area contributed by atoms with Crippen molar-refractivity contribution in [3.8, 4) is 0 Å². The summed E-state index contributed by atoms with van der Waals surface area (Å²) in [6.45, 7) is 5.87. The third-order valence-electron chi connectivity index (χ3n) is 3.45. The monoisotopic (exact) mass is 257 g/mol. The Kier molecular flexibility index (Phi) is 7.96. The van der Waals surface area contributed by atoms with Crippen LogP contribution in [0.15, 0.2) is 0 Å². The number of hydrogen-bond donors (Lipinski definition) is 2. The van der Waals surface area contributed by atoms with E-state index in [1.807, 2.05) is 0 Å². The molecule has 1 atom stereocenters. The zero-order valence-corrected chi connectivity index (χ0v) is 11.7. The maximum atomic E-state index is 11.2. The number of hydrogen-bond acceptors (Lipinski definition) is 4. The fourth-order valence-electron chi connectivity index (χ4n) is 2.39. The van der Waals surface area contributed by atoms with E-state index in [0.717, 1.165) is 39.3 Å². The van der Waals surface area contributed by atoms with Gasteiger partial charge in [-0.25, -0.2) is 0 Å². The number of carbonyl (C=O) groups excluding carboxylic acids is 1. The topological polar surface area (TPSA) is 53.6 Å². The molecule has 0 spiro atoms. The van der Waals surface area contributed by atoms with Gasteiger partial charge in [-0.15, -0.1) is 0 Å². The Morgan fingerprint density at radius 3 is 3.06 bits per heavy atom. The molecule has 0 aromatic carbocycles. The first-order valence-corrected chi connectivity index (χ1v) is 6.89. The number of amides is 1. The minimum Gasteiger partial charge on any atom is -0.383 e. The number of ether oxygens (including phenoxy) is 1. The second-order valence-electron chi connectivity index (χ2n) is 4.93. The van der Waals surface area contributed by atoms with Crippen molar-refractivity contribution in [2.75, 3.05) is 53.5 Å². The molecule has 1 saturated heterocycles. The highest BCUT2D eigenvalue weighted by Gasteiger charge is 2.19. The van der Waals surface area contributed by atoms with Gasteiger partial charge in [-0.05, 0) is 31.8 Å². The van der Waals surface area contributed by atoms with Crippen molar-refractivity contribution in [1.82, 2.24) is 15.5 Å². The lowest BCUT2D eigenvalue weighted by Gasteiger charge is -2.32. The van der Waals surface area contributed by atoms with E-state index in [1.165, 1.54) is 12.8 Å². The summed E-state index contributed by atoms with van der Waals surface area (Å²) in [5, 5.41) is 6.09. The van der Waals surface area contributed by atoms with Crippen LogP contribution in [0.25, 0.3) is 0 Å². The van der Waals surface area contributed by atoms with Crippen LogP contribution in [-0.4, -0.2) is 64.3 Å². The van der Waals surface area contributed by atoms with Gasteiger partial charge in [0.05, 0.1) is 6.61 Å². The average molecular weight is 257 g/mol. The van der Waals surface area contributed by atoms with Crippen molar-refractivity contribution < 1.29 is 9.53 Å². The number of carbonyl (C=O) groups is 1. The van der Waals surface area contributed by atoms with Crippen LogP contribution in [0.3, 0.4) is 0 Å². The Bertz CT molecular complexity index is 236. The van der Waals surface area contributed by atoms with Crippen LogP contribution in [0.1, 0.15) is 19.3 Å². The first-order chi connectivity index (χ1) is 8.76. The molecule has 0 radical (unpaired) electrons. The van der Waals surface area contributed by atoms with Crippen LogP contribution in [0.5, 0.6) is 0 Å². The summed E-state index contributed by atoms with van der Waals surface area (Å²) in [5.74, 6) is 0.843. The molecule has 1 aliphatic rings. The molecule has 5 nitrogen and oxygen atoms in total. The first-order valence-electron chi connectivity index (χ1n) is 6.89. The Morgan fingerprint density at radius 1 is 1.50 bits per heavy atom. The number of nitrogens with zero attached hydrogens (tertiary/aromatic N) is 1. The van der Waals surface area contributed by atoms with Crippen LogP contribution in [0.4, 0.5) is 0 Å². The molecular formula is C13H27N3O2. The number of methoxy groups -OCH3 is 1. The summed E-state index contributed by atoms with van der Waals surface area (Å²) in [5.41, 5.74) is 0. The van der Waals surface area contributed by atoms with E-state index >= 15 is 0 Å². The van der Waals surface area contributed by atoms with E-state index in [-0.39, 0.29) is 5.91 Å². The van der Waals surface area contributed by atoms with Gasteiger partial charge in [-0.1, -0.05) is 0 Å². The second kappa shape index (κ2) is 9.30. The number of rotatable bonds is 8. The molecule has 5 heteroatoms. The SMILES string of the molecule is CNC(=O)CCN1CCCC(CNCCOC)C1. The van der Waals surface area contributed by atoms with Gasteiger partial charge in [0.15, 0.2) is 0 Å². The average Bonchev–Trinajstić information content (AvgIpc) is 2.41. The zero-order valence-electron chi connectivity index (χ0n) is 11.7. The van der Waals surface area contributed by atoms with E-state index in [9.17, 15) is 4.79 Å². The van der Waals surface area contributed by atoms with Gasteiger partial charge in [-0.2, -0.15) is 0 Å². The Labute approximate surface area is 110 Å². The molecule has 1 unspecified atom stereocenters. The van der Waals surface area contributed by atoms with Crippen LogP contribution >= 0.6 is 0 Å². The highest BCUT2D eigenvalue weighted by molar-refractivity contribution is 5.75. The lowest BCUT2D eigenvalue weighted by atomic mass is 9.98. The smallest absolute Gasteiger partial charge is 0.221 e. The summed E-state index contributed by atoms with van der Waals surface area (Å²) >= 11 is 0. The Hall–Kier alpha value is -0.650. The molecule has 2 N–H and O–H groups in total. The number of piperidine rings is 1. The molecule has 0 bridgehead atoms. The van der Waals surface area contributed by atoms with E-state index in [4.69, 9.17) is 4.74 Å². The predicted molar refractivity (Wildman–Crippen MR) is 72.6 cm³/mol. The van der Waals surface area contributed by atoms with Crippen LogP contribution in [0, 0.1) is 5.92 Å². The fourth-order valence-corrected chi connectivity index (χ4v) is 2.39. The Morgan fingerprint density at radius 2 is 2.33 bits per heavy atom. The van der Waals surface area contributed by atoms with Crippen LogP contribution < -0.4 is 10.6 Å². The molecular weight excluding hydrogens is 230 g/mol. The molecule has 0 aliphatic carbocycles.